The van der Waals surface area contributed by atoms with Crippen LogP contribution in [0.25, 0.3) is 21.9 Å². The summed E-state index contributed by atoms with van der Waals surface area (Å²) >= 11 is 0. The molecule has 0 aliphatic carbocycles. The maximum atomic E-state index is 14.9. The lowest BCUT2D eigenvalue weighted by atomic mass is 9.90. The molecule has 7 heteroatoms. The van der Waals surface area contributed by atoms with Gasteiger partial charge < -0.3 is 4.74 Å². The third-order valence-corrected chi connectivity index (χ3v) is 7.13. The largest absolute Gasteiger partial charge is 0.458 e. The summed E-state index contributed by atoms with van der Waals surface area (Å²) < 4.78 is 87.1. The molecule has 4 rings (SSSR count). The van der Waals surface area contributed by atoms with E-state index in [0.29, 0.717) is 23.1 Å². The summed E-state index contributed by atoms with van der Waals surface area (Å²) in [5, 5.41) is -0.692. The smallest absolute Gasteiger partial charge is 0.378 e. The van der Waals surface area contributed by atoms with Crippen molar-refractivity contribution in [2.24, 2.45) is 5.92 Å². The second-order valence-corrected chi connectivity index (χ2v) is 9.98. The van der Waals surface area contributed by atoms with Crippen molar-refractivity contribution in [2.75, 3.05) is 6.61 Å². The highest BCUT2D eigenvalue weighted by molar-refractivity contribution is 5.89. The van der Waals surface area contributed by atoms with Gasteiger partial charge >= 0.3 is 6.18 Å². The molecule has 0 amide bonds. The van der Waals surface area contributed by atoms with Gasteiger partial charge in [-0.3, -0.25) is 0 Å². The van der Waals surface area contributed by atoms with E-state index < -0.39 is 34.6 Å². The quantitative estimate of drug-likeness (QED) is 0.160. The Morgan fingerprint density at radius 2 is 1.66 bits per heavy atom. The Kier molecular flexibility index (Phi) is 9.04. The number of benzene rings is 3. The van der Waals surface area contributed by atoms with Crippen molar-refractivity contribution in [1.29, 1.82) is 0 Å². The third kappa shape index (κ3) is 7.11. The van der Waals surface area contributed by atoms with E-state index in [1.54, 1.807) is 0 Å². The number of rotatable bonds is 8. The van der Waals surface area contributed by atoms with Gasteiger partial charge in [0.15, 0.2) is 5.82 Å². The Hall–Kier alpha value is -2.98. The fourth-order valence-electron chi connectivity index (χ4n) is 5.00. The molecule has 0 N–H and O–H groups in total. The second kappa shape index (κ2) is 12.3. The van der Waals surface area contributed by atoms with E-state index in [9.17, 15) is 26.3 Å². The molecule has 3 aromatic carbocycles. The Morgan fingerprint density at radius 3 is 2.32 bits per heavy atom. The Morgan fingerprint density at radius 1 is 0.895 bits per heavy atom. The normalized spacial score (nSPS) is 17.9. The maximum Gasteiger partial charge on any atom is 0.458 e. The van der Waals surface area contributed by atoms with E-state index in [4.69, 9.17) is 4.74 Å². The van der Waals surface area contributed by atoms with Crippen LogP contribution in [0.4, 0.5) is 26.3 Å². The Bertz CT molecular complexity index is 1310. The first-order chi connectivity index (χ1) is 18.1. The number of alkyl halides is 3. The lowest BCUT2D eigenvalue weighted by Crippen LogP contribution is -2.26. The van der Waals surface area contributed by atoms with E-state index in [2.05, 4.69) is 6.92 Å². The van der Waals surface area contributed by atoms with Gasteiger partial charge in [-0.2, -0.15) is 13.2 Å². The molecule has 0 bridgehead atoms. The molecule has 0 radical (unpaired) electrons. The SMILES string of the molecule is CCCCCC1CCC(CCc2ccc(-c3cc(F)c4c(F)c(C#CC(F)(F)F)c(F)cc4c3)cc2)CO1. The molecule has 38 heavy (non-hydrogen) atoms. The summed E-state index contributed by atoms with van der Waals surface area (Å²) in [5.41, 5.74) is 1.09. The number of ether oxygens (including phenoxy) is 1. The first-order valence-corrected chi connectivity index (χ1v) is 13.1. The molecule has 202 valence electrons. The van der Waals surface area contributed by atoms with Crippen molar-refractivity contribution in [3.05, 3.63) is 71.0 Å². The molecule has 0 spiro atoms. The Balaban J connectivity index is 1.43. The zero-order valence-corrected chi connectivity index (χ0v) is 21.2. The summed E-state index contributed by atoms with van der Waals surface area (Å²) in [4.78, 5) is 0. The number of hydrogen-bond acceptors (Lipinski definition) is 1. The molecule has 1 aliphatic heterocycles. The number of hydrogen-bond donors (Lipinski definition) is 0. The van der Waals surface area contributed by atoms with E-state index in [1.807, 2.05) is 24.3 Å². The number of fused-ring (bicyclic) bond motifs is 1. The second-order valence-electron chi connectivity index (χ2n) is 9.98. The average Bonchev–Trinajstić information content (AvgIpc) is 2.87. The molecular formula is C31H30F6O. The number of halogens is 6. The highest BCUT2D eigenvalue weighted by Gasteiger charge is 2.24. The first kappa shape index (κ1) is 28.0. The van der Waals surface area contributed by atoms with Crippen LogP contribution >= 0.6 is 0 Å². The van der Waals surface area contributed by atoms with Gasteiger partial charge in [-0.15, -0.1) is 0 Å². The van der Waals surface area contributed by atoms with Gasteiger partial charge in [0, 0.05) is 12.5 Å². The molecular weight excluding hydrogens is 502 g/mol. The van der Waals surface area contributed by atoms with E-state index in [-0.39, 0.29) is 5.39 Å². The standard InChI is InChI=1S/C31H30F6O/c1-2-3-4-5-25-13-10-21(19-38-25)7-6-20-8-11-22(12-9-20)23-16-24-18-27(32)26(14-15-31(35,36)37)30(34)29(24)28(33)17-23/h8-9,11-12,16-18,21,25H,2-7,10,13,19H2,1H3. The highest BCUT2D eigenvalue weighted by Crippen LogP contribution is 2.32. The van der Waals surface area contributed by atoms with Gasteiger partial charge in [0.25, 0.3) is 0 Å². The molecule has 0 aromatic heterocycles. The summed E-state index contributed by atoms with van der Waals surface area (Å²) in [6.45, 7) is 2.99. The number of aryl methyl sites for hydroxylation is 1. The topological polar surface area (TPSA) is 9.23 Å². The molecule has 1 fully saturated rings. The van der Waals surface area contributed by atoms with Gasteiger partial charge in [-0.1, -0.05) is 56.4 Å². The minimum absolute atomic E-state index is 0.0954. The van der Waals surface area contributed by atoms with Crippen LogP contribution in [0.2, 0.25) is 0 Å². The van der Waals surface area contributed by atoms with Crippen molar-refractivity contribution in [3.63, 3.8) is 0 Å². The third-order valence-electron chi connectivity index (χ3n) is 7.13. The predicted molar refractivity (Wildman–Crippen MR) is 137 cm³/mol. The minimum atomic E-state index is -4.93. The van der Waals surface area contributed by atoms with Gasteiger partial charge in [0.05, 0.1) is 17.1 Å². The van der Waals surface area contributed by atoms with Crippen LogP contribution in [0.3, 0.4) is 0 Å². The highest BCUT2D eigenvalue weighted by atomic mass is 19.4. The molecule has 2 unspecified atom stereocenters. The molecule has 2 atom stereocenters. The van der Waals surface area contributed by atoms with Crippen LogP contribution in [-0.2, 0) is 11.2 Å². The van der Waals surface area contributed by atoms with Gasteiger partial charge in [0.2, 0.25) is 0 Å². The average molecular weight is 533 g/mol. The monoisotopic (exact) mass is 532 g/mol. The molecule has 0 saturated carbocycles. The number of unbranched alkanes of at least 4 members (excludes halogenated alkanes) is 2. The van der Waals surface area contributed by atoms with Gasteiger partial charge in [-0.25, -0.2) is 13.2 Å². The van der Waals surface area contributed by atoms with Gasteiger partial charge in [-0.05, 0) is 78.3 Å². The van der Waals surface area contributed by atoms with Crippen molar-refractivity contribution >= 4 is 10.8 Å². The van der Waals surface area contributed by atoms with Crippen LogP contribution in [0, 0.1) is 35.2 Å². The minimum Gasteiger partial charge on any atom is -0.378 e. The molecule has 1 heterocycles. The predicted octanol–water partition coefficient (Wildman–Crippen LogP) is 9.15. The van der Waals surface area contributed by atoms with Crippen LogP contribution in [0.5, 0.6) is 0 Å². The van der Waals surface area contributed by atoms with Crippen LogP contribution in [0.1, 0.15) is 63.0 Å². The molecule has 3 aromatic rings. The first-order valence-electron chi connectivity index (χ1n) is 13.1. The van der Waals surface area contributed by atoms with E-state index in [1.165, 1.54) is 37.7 Å². The van der Waals surface area contributed by atoms with Crippen LogP contribution in [-0.4, -0.2) is 18.9 Å². The van der Waals surface area contributed by atoms with Crippen molar-refractivity contribution < 1.29 is 31.1 Å². The molecule has 1 nitrogen and oxygen atoms in total. The molecule has 1 aliphatic rings. The lowest BCUT2D eigenvalue weighted by molar-refractivity contribution is -0.0696. The fourth-order valence-corrected chi connectivity index (χ4v) is 5.00. The van der Waals surface area contributed by atoms with Crippen molar-refractivity contribution in [1.82, 2.24) is 0 Å². The van der Waals surface area contributed by atoms with Crippen molar-refractivity contribution in [2.45, 2.75) is 70.6 Å². The summed E-state index contributed by atoms with van der Waals surface area (Å²) in [5.74, 6) is -0.929. The zero-order chi connectivity index (χ0) is 27.3. The lowest BCUT2D eigenvalue weighted by Gasteiger charge is -2.29. The van der Waals surface area contributed by atoms with E-state index >= 15 is 0 Å². The Labute approximate surface area is 219 Å². The van der Waals surface area contributed by atoms with Gasteiger partial charge in [0.1, 0.15) is 11.6 Å². The maximum absolute atomic E-state index is 14.9. The summed E-state index contributed by atoms with van der Waals surface area (Å²) in [6, 6.07) is 10.9. The van der Waals surface area contributed by atoms with Crippen LogP contribution in [0.15, 0.2) is 42.5 Å². The molecule has 1 saturated heterocycles. The van der Waals surface area contributed by atoms with Crippen molar-refractivity contribution in [3.8, 4) is 23.0 Å². The zero-order valence-electron chi connectivity index (χ0n) is 21.2. The summed E-state index contributed by atoms with van der Waals surface area (Å²) in [6.07, 6.45) is 4.48. The van der Waals surface area contributed by atoms with E-state index in [0.717, 1.165) is 55.9 Å². The summed E-state index contributed by atoms with van der Waals surface area (Å²) in [7, 11) is 0. The fraction of sp³-hybridized carbons (Fsp3) is 0.419. The van der Waals surface area contributed by atoms with Crippen LogP contribution < -0.4 is 0 Å².